The van der Waals surface area contributed by atoms with E-state index in [1.54, 1.807) is 0 Å². The lowest BCUT2D eigenvalue weighted by Crippen LogP contribution is -2.40. The van der Waals surface area contributed by atoms with Crippen molar-refractivity contribution in [2.45, 2.75) is 46.3 Å². The second kappa shape index (κ2) is 5.20. The Kier molecular flexibility index (Phi) is 4.91. The van der Waals surface area contributed by atoms with E-state index in [-0.39, 0.29) is 19.6 Å². The lowest BCUT2D eigenvalue weighted by Gasteiger charge is -2.21. The molecule has 0 saturated carbocycles. The van der Waals surface area contributed by atoms with Crippen LogP contribution in [0.25, 0.3) is 0 Å². The zero-order chi connectivity index (χ0) is 9.90. The Balaban J connectivity index is 0.00000169. The number of carbonyl (C=O) groups excluding carboxylic acids is 1. The third-order valence-electron chi connectivity index (χ3n) is 1.78. The molecule has 1 atom stereocenters. The third-order valence-corrected chi connectivity index (χ3v) is 1.78. The van der Waals surface area contributed by atoms with Crippen LogP contribution < -0.4 is 10.6 Å². The molecule has 1 amide bonds. The Bertz CT molecular complexity index is 181. The summed E-state index contributed by atoms with van der Waals surface area (Å²) in [6, 6.07) is 0.231. The zero-order valence-electron chi connectivity index (χ0n) is 8.52. The summed E-state index contributed by atoms with van der Waals surface area (Å²) >= 11 is 0. The monoisotopic (exact) mass is 202 g/mol. The summed E-state index contributed by atoms with van der Waals surface area (Å²) in [4.78, 5) is 11.3. The van der Waals surface area contributed by atoms with Gasteiger partial charge in [0.05, 0.1) is 0 Å². The maximum atomic E-state index is 11.3. The van der Waals surface area contributed by atoms with E-state index >= 15 is 0 Å². The molecule has 1 aliphatic rings. The van der Waals surface area contributed by atoms with Gasteiger partial charge in [0.15, 0.2) is 0 Å². The zero-order valence-corrected chi connectivity index (χ0v) is 8.52. The minimum absolute atomic E-state index is 0. The van der Waals surface area contributed by atoms with E-state index in [1.165, 1.54) is 0 Å². The van der Waals surface area contributed by atoms with Gasteiger partial charge in [0.1, 0.15) is 5.60 Å². The molecule has 2 N–H and O–H groups in total. The van der Waals surface area contributed by atoms with E-state index in [0.29, 0.717) is 0 Å². The lowest BCUT2D eigenvalue weighted by molar-refractivity contribution is 0.0508. The number of alkyl carbamates (subject to hydrolysis) is 1. The van der Waals surface area contributed by atoms with Gasteiger partial charge in [0, 0.05) is 12.6 Å². The average molecular weight is 202 g/mol. The number of carbonyl (C=O) groups is 1. The Hall–Kier alpha value is -0.770. The van der Waals surface area contributed by atoms with Crippen LogP contribution in [0.2, 0.25) is 0 Å². The highest BCUT2D eigenvalue weighted by Crippen LogP contribution is 2.07. The largest absolute Gasteiger partial charge is 0.444 e. The smallest absolute Gasteiger partial charge is 0.407 e. The van der Waals surface area contributed by atoms with Crippen molar-refractivity contribution >= 4 is 6.09 Å². The van der Waals surface area contributed by atoms with Crippen molar-refractivity contribution in [3.8, 4) is 0 Å². The molecule has 0 unspecified atom stereocenters. The van der Waals surface area contributed by atoms with Gasteiger partial charge in [-0.3, -0.25) is 0 Å². The summed E-state index contributed by atoms with van der Waals surface area (Å²) in [7, 11) is 0. The maximum absolute atomic E-state index is 11.3. The molecule has 1 aliphatic heterocycles. The standard InChI is InChI=1S/C9H18N2O2.CH4/c1-9(2,3)13-8(12)11-7-4-5-10-6-7;/h7,10H,4-6H2,1-3H3,(H,11,12);1H4/t7-;/m1./s1. The first kappa shape index (κ1) is 13.2. The molecule has 0 spiro atoms. The fraction of sp³-hybridized carbons (Fsp3) is 0.900. The van der Waals surface area contributed by atoms with Gasteiger partial charge in [0.25, 0.3) is 0 Å². The minimum Gasteiger partial charge on any atom is -0.444 e. The van der Waals surface area contributed by atoms with Crippen molar-refractivity contribution in [2.75, 3.05) is 13.1 Å². The molecular formula is C10H22N2O2. The Morgan fingerprint density at radius 2 is 2.14 bits per heavy atom. The average Bonchev–Trinajstić information content (AvgIpc) is 2.34. The third kappa shape index (κ3) is 5.07. The van der Waals surface area contributed by atoms with Crippen molar-refractivity contribution in [1.82, 2.24) is 10.6 Å². The number of amides is 1. The molecular weight excluding hydrogens is 180 g/mol. The topological polar surface area (TPSA) is 50.4 Å². The van der Waals surface area contributed by atoms with E-state index < -0.39 is 5.60 Å². The first-order valence-electron chi connectivity index (χ1n) is 4.67. The van der Waals surface area contributed by atoms with Crippen molar-refractivity contribution in [2.24, 2.45) is 0 Å². The number of hydrogen-bond donors (Lipinski definition) is 2. The van der Waals surface area contributed by atoms with Gasteiger partial charge in [-0.1, -0.05) is 7.43 Å². The summed E-state index contributed by atoms with van der Waals surface area (Å²) in [6.45, 7) is 7.40. The number of nitrogens with one attached hydrogen (secondary N) is 2. The van der Waals surface area contributed by atoms with E-state index in [9.17, 15) is 4.79 Å². The van der Waals surface area contributed by atoms with Gasteiger partial charge in [0.2, 0.25) is 0 Å². The molecule has 0 bridgehead atoms. The lowest BCUT2D eigenvalue weighted by atomic mass is 10.2. The molecule has 4 heteroatoms. The number of ether oxygens (including phenoxy) is 1. The van der Waals surface area contributed by atoms with E-state index in [4.69, 9.17) is 4.74 Å². The molecule has 0 aromatic heterocycles. The predicted octanol–water partition coefficient (Wildman–Crippen LogP) is 1.51. The number of rotatable bonds is 1. The van der Waals surface area contributed by atoms with Crippen LogP contribution in [0.5, 0.6) is 0 Å². The van der Waals surface area contributed by atoms with Crippen molar-refractivity contribution in [3.63, 3.8) is 0 Å². The molecule has 0 aromatic carbocycles. The Morgan fingerprint density at radius 3 is 2.57 bits per heavy atom. The first-order chi connectivity index (χ1) is 5.97. The van der Waals surface area contributed by atoms with Crippen LogP contribution in [-0.2, 0) is 4.74 Å². The molecule has 0 aliphatic carbocycles. The van der Waals surface area contributed by atoms with Gasteiger partial charge in [-0.25, -0.2) is 4.79 Å². The van der Waals surface area contributed by atoms with Gasteiger partial charge in [-0.05, 0) is 33.7 Å². The van der Waals surface area contributed by atoms with Crippen LogP contribution in [0.3, 0.4) is 0 Å². The molecule has 0 radical (unpaired) electrons. The maximum Gasteiger partial charge on any atom is 0.407 e. The highest BCUT2D eigenvalue weighted by Gasteiger charge is 2.21. The molecule has 1 saturated heterocycles. The van der Waals surface area contributed by atoms with Gasteiger partial charge in [-0.2, -0.15) is 0 Å². The highest BCUT2D eigenvalue weighted by molar-refractivity contribution is 5.68. The van der Waals surface area contributed by atoms with Gasteiger partial charge in [-0.15, -0.1) is 0 Å². The molecule has 1 rings (SSSR count). The van der Waals surface area contributed by atoms with E-state index in [0.717, 1.165) is 19.5 Å². The van der Waals surface area contributed by atoms with Crippen LogP contribution in [0.4, 0.5) is 4.79 Å². The second-order valence-electron chi connectivity index (χ2n) is 4.34. The van der Waals surface area contributed by atoms with Crippen LogP contribution >= 0.6 is 0 Å². The van der Waals surface area contributed by atoms with Gasteiger partial charge < -0.3 is 15.4 Å². The number of hydrogen-bond acceptors (Lipinski definition) is 3. The van der Waals surface area contributed by atoms with Crippen LogP contribution in [-0.4, -0.2) is 30.8 Å². The molecule has 4 nitrogen and oxygen atoms in total. The Morgan fingerprint density at radius 1 is 1.50 bits per heavy atom. The summed E-state index contributed by atoms with van der Waals surface area (Å²) in [5.41, 5.74) is -0.407. The fourth-order valence-corrected chi connectivity index (χ4v) is 1.25. The van der Waals surface area contributed by atoms with E-state index in [2.05, 4.69) is 10.6 Å². The van der Waals surface area contributed by atoms with Crippen LogP contribution in [0, 0.1) is 0 Å². The molecule has 84 valence electrons. The summed E-state index contributed by atoms with van der Waals surface area (Å²) in [5, 5.41) is 5.98. The van der Waals surface area contributed by atoms with Crippen molar-refractivity contribution in [1.29, 1.82) is 0 Å². The molecule has 1 fully saturated rings. The molecule has 1 heterocycles. The summed E-state index contributed by atoms with van der Waals surface area (Å²) < 4.78 is 5.12. The summed E-state index contributed by atoms with van der Waals surface area (Å²) in [6.07, 6.45) is 0.667. The second-order valence-corrected chi connectivity index (χ2v) is 4.34. The highest BCUT2D eigenvalue weighted by atomic mass is 16.6. The predicted molar refractivity (Wildman–Crippen MR) is 57.4 cm³/mol. The fourth-order valence-electron chi connectivity index (χ4n) is 1.25. The van der Waals surface area contributed by atoms with Crippen molar-refractivity contribution < 1.29 is 9.53 Å². The van der Waals surface area contributed by atoms with Crippen LogP contribution in [0.1, 0.15) is 34.6 Å². The quantitative estimate of drug-likeness (QED) is 0.677. The van der Waals surface area contributed by atoms with Crippen molar-refractivity contribution in [3.05, 3.63) is 0 Å². The first-order valence-corrected chi connectivity index (χ1v) is 4.67. The summed E-state index contributed by atoms with van der Waals surface area (Å²) in [5.74, 6) is 0. The normalized spacial score (nSPS) is 21.2. The minimum atomic E-state index is -0.407. The molecule has 14 heavy (non-hydrogen) atoms. The van der Waals surface area contributed by atoms with Gasteiger partial charge >= 0.3 is 6.09 Å². The van der Waals surface area contributed by atoms with Crippen LogP contribution in [0.15, 0.2) is 0 Å². The SMILES string of the molecule is C.CC(C)(C)OC(=O)N[C@@H]1CCNC1. The molecule has 0 aromatic rings. The Labute approximate surface area is 86.4 Å². The van der Waals surface area contributed by atoms with E-state index in [1.807, 2.05) is 20.8 Å².